The molecule has 0 saturated carbocycles. The van der Waals surface area contributed by atoms with Gasteiger partial charge in [-0.15, -0.1) is 6.58 Å². The number of carbonyl (C=O) groups is 2. The number of hydrogen-bond donors (Lipinski definition) is 1. The van der Waals surface area contributed by atoms with Gasteiger partial charge in [-0.25, -0.2) is 0 Å². The Kier molecular flexibility index (Phi) is 7.01. The van der Waals surface area contributed by atoms with Gasteiger partial charge in [-0.2, -0.15) is 0 Å². The van der Waals surface area contributed by atoms with Crippen LogP contribution in [0.3, 0.4) is 0 Å². The topological polar surface area (TPSA) is 65.1 Å². The molecule has 2 saturated heterocycles. The average molecular weight is 324 g/mol. The molecule has 2 heterocycles. The normalized spacial score (nSPS) is 23.5. The minimum absolute atomic E-state index is 0.0248. The van der Waals surface area contributed by atoms with Gasteiger partial charge in [0.15, 0.2) is 0 Å². The van der Waals surface area contributed by atoms with Gasteiger partial charge in [-0.3, -0.25) is 19.4 Å². The van der Waals surface area contributed by atoms with Crippen molar-refractivity contribution in [3.63, 3.8) is 0 Å². The largest absolute Gasteiger partial charge is 0.375 e. The Morgan fingerprint density at radius 1 is 1.17 bits per heavy atom. The SMILES string of the molecule is C=CCNC(=O)CN1CCN(CC(=O)N2CCOC(C)C2)CC1. The highest BCUT2D eigenvalue weighted by Gasteiger charge is 2.25. The first-order valence-corrected chi connectivity index (χ1v) is 8.30. The molecule has 0 spiro atoms. The number of nitrogens with one attached hydrogen (secondary N) is 1. The summed E-state index contributed by atoms with van der Waals surface area (Å²) in [5, 5.41) is 2.79. The maximum atomic E-state index is 12.3. The molecule has 0 aromatic rings. The van der Waals surface area contributed by atoms with E-state index in [1.807, 2.05) is 11.8 Å². The lowest BCUT2D eigenvalue weighted by molar-refractivity contribution is -0.140. The lowest BCUT2D eigenvalue weighted by Gasteiger charge is -2.36. The molecule has 2 amide bonds. The highest BCUT2D eigenvalue weighted by molar-refractivity contribution is 5.79. The maximum absolute atomic E-state index is 12.3. The first kappa shape index (κ1) is 17.9. The first-order chi connectivity index (χ1) is 11.1. The maximum Gasteiger partial charge on any atom is 0.236 e. The van der Waals surface area contributed by atoms with Crippen LogP contribution >= 0.6 is 0 Å². The zero-order chi connectivity index (χ0) is 16.7. The molecule has 0 radical (unpaired) electrons. The highest BCUT2D eigenvalue weighted by atomic mass is 16.5. The molecule has 1 N–H and O–H groups in total. The van der Waals surface area contributed by atoms with Gasteiger partial charge in [-0.05, 0) is 6.92 Å². The van der Waals surface area contributed by atoms with Crippen LogP contribution in [0.25, 0.3) is 0 Å². The summed E-state index contributed by atoms with van der Waals surface area (Å²) in [5.41, 5.74) is 0. The molecule has 2 aliphatic heterocycles. The van der Waals surface area contributed by atoms with E-state index in [1.54, 1.807) is 6.08 Å². The van der Waals surface area contributed by atoms with Crippen molar-refractivity contribution in [2.45, 2.75) is 13.0 Å². The van der Waals surface area contributed by atoms with Crippen LogP contribution in [0.15, 0.2) is 12.7 Å². The fraction of sp³-hybridized carbons (Fsp3) is 0.750. The van der Waals surface area contributed by atoms with Crippen molar-refractivity contribution in [1.82, 2.24) is 20.0 Å². The van der Waals surface area contributed by atoms with Gasteiger partial charge in [0, 0.05) is 45.8 Å². The molecule has 7 heteroatoms. The predicted molar refractivity (Wildman–Crippen MR) is 88.1 cm³/mol. The molecule has 7 nitrogen and oxygen atoms in total. The zero-order valence-electron chi connectivity index (χ0n) is 14.0. The second kappa shape index (κ2) is 9.00. The standard InChI is InChI=1S/C16H28N4O3/c1-3-4-17-15(21)12-18-5-7-19(8-6-18)13-16(22)20-9-10-23-14(2)11-20/h3,14H,1,4-13H2,2H3,(H,17,21). The Balaban J connectivity index is 1.67. The number of rotatable bonds is 6. The van der Waals surface area contributed by atoms with E-state index < -0.39 is 0 Å². The van der Waals surface area contributed by atoms with E-state index in [1.165, 1.54) is 0 Å². The van der Waals surface area contributed by atoms with E-state index in [0.29, 0.717) is 39.3 Å². The minimum Gasteiger partial charge on any atom is -0.375 e. The van der Waals surface area contributed by atoms with Crippen molar-refractivity contribution < 1.29 is 14.3 Å². The molecule has 130 valence electrons. The summed E-state index contributed by atoms with van der Waals surface area (Å²) in [6.45, 7) is 12.2. The van der Waals surface area contributed by atoms with Gasteiger partial charge >= 0.3 is 0 Å². The Labute approximate surface area is 138 Å². The number of amides is 2. The number of carbonyl (C=O) groups excluding carboxylic acids is 2. The molecular weight excluding hydrogens is 296 g/mol. The smallest absolute Gasteiger partial charge is 0.236 e. The Hall–Kier alpha value is -1.44. The van der Waals surface area contributed by atoms with Crippen molar-refractivity contribution in [1.29, 1.82) is 0 Å². The number of morpholine rings is 1. The van der Waals surface area contributed by atoms with Crippen LogP contribution in [0.2, 0.25) is 0 Å². The molecule has 2 aliphatic rings. The van der Waals surface area contributed by atoms with E-state index in [-0.39, 0.29) is 17.9 Å². The summed E-state index contributed by atoms with van der Waals surface area (Å²) < 4.78 is 5.47. The molecule has 1 atom stereocenters. The van der Waals surface area contributed by atoms with E-state index in [4.69, 9.17) is 4.74 Å². The molecule has 0 bridgehead atoms. The molecule has 2 fully saturated rings. The average Bonchev–Trinajstić information content (AvgIpc) is 2.54. The second-order valence-corrected chi connectivity index (χ2v) is 6.17. The van der Waals surface area contributed by atoms with E-state index in [0.717, 1.165) is 26.2 Å². The Bertz CT molecular complexity index is 422. The molecule has 2 rings (SSSR count). The summed E-state index contributed by atoms with van der Waals surface area (Å²) in [6, 6.07) is 0. The van der Waals surface area contributed by atoms with Crippen LogP contribution in [0.5, 0.6) is 0 Å². The van der Waals surface area contributed by atoms with Crippen LogP contribution in [-0.4, -0.2) is 98.1 Å². The van der Waals surface area contributed by atoms with Crippen LogP contribution in [-0.2, 0) is 14.3 Å². The first-order valence-electron chi connectivity index (χ1n) is 8.30. The molecule has 1 unspecified atom stereocenters. The van der Waals surface area contributed by atoms with Crippen molar-refractivity contribution in [3.05, 3.63) is 12.7 Å². The molecule has 23 heavy (non-hydrogen) atoms. The summed E-state index contributed by atoms with van der Waals surface area (Å²) in [7, 11) is 0. The van der Waals surface area contributed by atoms with Crippen LogP contribution in [0, 0.1) is 0 Å². The summed E-state index contributed by atoms with van der Waals surface area (Å²) in [5.74, 6) is 0.203. The van der Waals surface area contributed by atoms with Crippen molar-refractivity contribution >= 4 is 11.8 Å². The fourth-order valence-electron chi connectivity index (χ4n) is 2.89. The minimum atomic E-state index is 0.0248. The second-order valence-electron chi connectivity index (χ2n) is 6.17. The zero-order valence-corrected chi connectivity index (χ0v) is 14.0. The van der Waals surface area contributed by atoms with Gasteiger partial charge in [0.25, 0.3) is 0 Å². The third-order valence-electron chi connectivity index (χ3n) is 4.23. The number of nitrogens with zero attached hydrogens (tertiary/aromatic N) is 3. The summed E-state index contributed by atoms with van der Waals surface area (Å²) >= 11 is 0. The van der Waals surface area contributed by atoms with Crippen LogP contribution in [0.1, 0.15) is 6.92 Å². The van der Waals surface area contributed by atoms with Gasteiger partial charge in [-0.1, -0.05) is 6.08 Å². The van der Waals surface area contributed by atoms with Crippen LogP contribution in [0.4, 0.5) is 0 Å². The van der Waals surface area contributed by atoms with E-state index >= 15 is 0 Å². The van der Waals surface area contributed by atoms with Gasteiger partial charge < -0.3 is 15.0 Å². The Morgan fingerprint density at radius 3 is 2.43 bits per heavy atom. The van der Waals surface area contributed by atoms with Crippen LogP contribution < -0.4 is 5.32 Å². The van der Waals surface area contributed by atoms with E-state index in [2.05, 4.69) is 21.7 Å². The summed E-state index contributed by atoms with van der Waals surface area (Å²) in [4.78, 5) is 30.2. The lowest BCUT2D eigenvalue weighted by Crippen LogP contribution is -2.53. The monoisotopic (exact) mass is 324 g/mol. The van der Waals surface area contributed by atoms with Gasteiger partial charge in [0.1, 0.15) is 0 Å². The van der Waals surface area contributed by atoms with Crippen molar-refractivity contribution in [2.24, 2.45) is 0 Å². The molecular formula is C16H28N4O3. The predicted octanol–water partition coefficient (Wildman–Crippen LogP) is -0.846. The molecule has 0 aliphatic carbocycles. The number of ether oxygens (including phenoxy) is 1. The Morgan fingerprint density at radius 2 is 1.83 bits per heavy atom. The van der Waals surface area contributed by atoms with E-state index in [9.17, 15) is 9.59 Å². The van der Waals surface area contributed by atoms with Crippen molar-refractivity contribution in [3.8, 4) is 0 Å². The quantitative estimate of drug-likeness (QED) is 0.645. The third kappa shape index (κ3) is 5.93. The van der Waals surface area contributed by atoms with Gasteiger partial charge in [0.2, 0.25) is 11.8 Å². The molecule has 0 aromatic heterocycles. The number of piperazine rings is 1. The van der Waals surface area contributed by atoms with Gasteiger partial charge in [0.05, 0.1) is 25.8 Å². The van der Waals surface area contributed by atoms with Crippen molar-refractivity contribution in [2.75, 3.05) is 65.5 Å². The fourth-order valence-corrected chi connectivity index (χ4v) is 2.89. The highest BCUT2D eigenvalue weighted by Crippen LogP contribution is 2.07. The molecule has 0 aromatic carbocycles. The number of hydrogen-bond acceptors (Lipinski definition) is 5. The third-order valence-corrected chi connectivity index (χ3v) is 4.23. The lowest BCUT2D eigenvalue weighted by atomic mass is 10.2. The summed E-state index contributed by atoms with van der Waals surface area (Å²) in [6.07, 6.45) is 1.80.